The van der Waals surface area contributed by atoms with E-state index in [1.165, 1.54) is 12.1 Å². The van der Waals surface area contributed by atoms with Crippen LogP contribution < -0.4 is 14.9 Å². The highest BCUT2D eigenvalue weighted by Gasteiger charge is 2.22. The molecule has 6 nitrogen and oxygen atoms in total. The number of aliphatic hydroxyl groups excluding tert-OH is 1. The van der Waals surface area contributed by atoms with E-state index >= 15 is 0 Å². The van der Waals surface area contributed by atoms with Crippen LogP contribution in [0.1, 0.15) is 0 Å². The molecule has 0 amide bonds. The summed E-state index contributed by atoms with van der Waals surface area (Å²) in [4.78, 5) is 1.95. The summed E-state index contributed by atoms with van der Waals surface area (Å²) in [5.74, 6) is 0. The molecule has 1 atom stereocenters. The second-order valence-corrected chi connectivity index (χ2v) is 6.67. The number of nitrogens with one attached hydrogen (secondary N) is 2. The van der Waals surface area contributed by atoms with Crippen LogP contribution in [0.15, 0.2) is 59.5 Å². The van der Waals surface area contributed by atoms with Gasteiger partial charge in [-0.25, -0.2) is 8.42 Å². The van der Waals surface area contributed by atoms with Crippen LogP contribution >= 0.6 is 0 Å². The fraction of sp³-hybridized carbons (Fsp3) is 0.200. The Morgan fingerprint density at radius 1 is 1.09 bits per heavy atom. The van der Waals surface area contributed by atoms with Gasteiger partial charge in [-0.3, -0.25) is 10.0 Å². The van der Waals surface area contributed by atoms with Crippen LogP contribution in [0, 0.1) is 0 Å². The van der Waals surface area contributed by atoms with Crippen molar-refractivity contribution in [3.63, 3.8) is 0 Å². The molecule has 1 unspecified atom stereocenters. The first-order valence-electron chi connectivity index (χ1n) is 6.92. The van der Waals surface area contributed by atoms with Crippen LogP contribution in [0.4, 0.5) is 11.4 Å². The van der Waals surface area contributed by atoms with Crippen molar-refractivity contribution in [2.75, 3.05) is 22.7 Å². The lowest BCUT2D eigenvalue weighted by atomic mass is 10.3. The number of aliphatic hydroxyl groups is 1. The molecule has 0 spiro atoms. The minimum Gasteiger partial charge on any atom is -0.361 e. The molecule has 3 rings (SSSR count). The van der Waals surface area contributed by atoms with Crippen LogP contribution in [0.25, 0.3) is 0 Å². The van der Waals surface area contributed by atoms with Crippen LogP contribution in [-0.2, 0) is 10.0 Å². The van der Waals surface area contributed by atoms with Crippen molar-refractivity contribution in [2.45, 2.75) is 11.2 Å². The normalized spacial score (nSPS) is 18.4. The van der Waals surface area contributed by atoms with Crippen molar-refractivity contribution in [3.05, 3.63) is 54.6 Å². The number of benzene rings is 2. The number of para-hydroxylation sites is 1. The lowest BCUT2D eigenvalue weighted by Crippen LogP contribution is -2.35. The van der Waals surface area contributed by atoms with Gasteiger partial charge in [0, 0.05) is 24.5 Å². The number of hydrogen-bond acceptors (Lipinski definition) is 5. The van der Waals surface area contributed by atoms with E-state index in [9.17, 15) is 13.5 Å². The molecule has 2 aromatic rings. The quantitative estimate of drug-likeness (QED) is 0.788. The van der Waals surface area contributed by atoms with E-state index in [1.54, 1.807) is 41.3 Å². The SMILES string of the molecule is O=S(=O)(Nc1ccccc1)c1ccc(N2CCNC2O)cc1. The van der Waals surface area contributed by atoms with E-state index in [-0.39, 0.29) is 4.90 Å². The molecule has 0 aliphatic carbocycles. The molecular weight excluding hydrogens is 302 g/mol. The minimum atomic E-state index is -3.61. The third-order valence-electron chi connectivity index (χ3n) is 3.48. The molecule has 0 radical (unpaired) electrons. The Morgan fingerprint density at radius 3 is 2.36 bits per heavy atom. The summed E-state index contributed by atoms with van der Waals surface area (Å²) in [5.41, 5.74) is 1.29. The average Bonchev–Trinajstić information content (AvgIpc) is 2.94. The Hall–Kier alpha value is -2.09. The molecule has 3 N–H and O–H groups in total. The summed E-state index contributed by atoms with van der Waals surface area (Å²) in [6.45, 7) is 1.37. The monoisotopic (exact) mass is 319 g/mol. The largest absolute Gasteiger partial charge is 0.361 e. The summed E-state index contributed by atoms with van der Waals surface area (Å²) >= 11 is 0. The van der Waals surface area contributed by atoms with Crippen molar-refractivity contribution in [1.82, 2.24) is 5.32 Å². The van der Waals surface area contributed by atoms with Crippen LogP contribution in [0.5, 0.6) is 0 Å². The van der Waals surface area contributed by atoms with Crippen LogP contribution in [0.2, 0.25) is 0 Å². The fourth-order valence-electron chi connectivity index (χ4n) is 2.35. The Kier molecular flexibility index (Phi) is 4.02. The molecule has 1 fully saturated rings. The Balaban J connectivity index is 1.80. The van der Waals surface area contributed by atoms with Gasteiger partial charge in [0.25, 0.3) is 10.0 Å². The Labute approximate surface area is 129 Å². The van der Waals surface area contributed by atoms with Gasteiger partial charge < -0.3 is 10.0 Å². The summed E-state index contributed by atoms with van der Waals surface area (Å²) in [6.07, 6.45) is -0.732. The number of nitrogens with zero attached hydrogens (tertiary/aromatic N) is 1. The number of hydrogen-bond donors (Lipinski definition) is 3. The lowest BCUT2D eigenvalue weighted by Gasteiger charge is -2.21. The number of rotatable bonds is 4. The van der Waals surface area contributed by atoms with Gasteiger partial charge >= 0.3 is 0 Å². The molecule has 1 heterocycles. The van der Waals surface area contributed by atoms with Crippen molar-refractivity contribution in [3.8, 4) is 0 Å². The third kappa shape index (κ3) is 3.06. The molecular formula is C15H17N3O3S. The molecule has 22 heavy (non-hydrogen) atoms. The highest BCUT2D eigenvalue weighted by molar-refractivity contribution is 7.92. The smallest absolute Gasteiger partial charge is 0.261 e. The molecule has 1 aliphatic heterocycles. The first-order chi connectivity index (χ1) is 10.6. The van der Waals surface area contributed by atoms with Crippen molar-refractivity contribution >= 4 is 21.4 Å². The first kappa shape index (κ1) is 14.8. The van der Waals surface area contributed by atoms with E-state index in [0.717, 1.165) is 5.69 Å². The topological polar surface area (TPSA) is 81.7 Å². The molecule has 116 valence electrons. The number of anilines is 2. The number of sulfonamides is 1. The molecule has 2 aromatic carbocycles. The van der Waals surface area contributed by atoms with Gasteiger partial charge in [-0.2, -0.15) is 0 Å². The second kappa shape index (κ2) is 5.96. The minimum absolute atomic E-state index is 0.182. The van der Waals surface area contributed by atoms with Gasteiger partial charge in [0.1, 0.15) is 0 Å². The maximum Gasteiger partial charge on any atom is 0.261 e. The van der Waals surface area contributed by atoms with Crippen molar-refractivity contribution in [2.24, 2.45) is 0 Å². The second-order valence-electron chi connectivity index (χ2n) is 4.99. The molecule has 0 saturated carbocycles. The molecule has 0 bridgehead atoms. The summed E-state index contributed by atoms with van der Waals surface area (Å²) in [5, 5.41) is 12.6. The Morgan fingerprint density at radius 2 is 1.77 bits per heavy atom. The van der Waals surface area contributed by atoms with Gasteiger partial charge in [0.05, 0.1) is 4.90 Å². The fourth-order valence-corrected chi connectivity index (χ4v) is 3.41. The highest BCUT2D eigenvalue weighted by atomic mass is 32.2. The van der Waals surface area contributed by atoms with Crippen LogP contribution in [0.3, 0.4) is 0 Å². The average molecular weight is 319 g/mol. The van der Waals surface area contributed by atoms with E-state index in [2.05, 4.69) is 10.0 Å². The molecule has 0 aromatic heterocycles. The predicted octanol–water partition coefficient (Wildman–Crippen LogP) is 1.17. The summed E-state index contributed by atoms with van der Waals surface area (Å²) in [6, 6.07) is 15.2. The van der Waals surface area contributed by atoms with Gasteiger partial charge in [0.15, 0.2) is 6.35 Å². The summed E-state index contributed by atoms with van der Waals surface area (Å²) < 4.78 is 27.2. The van der Waals surface area contributed by atoms with Crippen molar-refractivity contribution < 1.29 is 13.5 Å². The predicted molar refractivity (Wildman–Crippen MR) is 85.0 cm³/mol. The maximum absolute atomic E-state index is 12.3. The molecule has 1 aliphatic rings. The van der Waals surface area contributed by atoms with E-state index in [0.29, 0.717) is 18.8 Å². The zero-order valence-electron chi connectivity index (χ0n) is 11.8. The van der Waals surface area contributed by atoms with Crippen molar-refractivity contribution in [1.29, 1.82) is 0 Å². The Bertz CT molecular complexity index is 732. The highest BCUT2D eigenvalue weighted by Crippen LogP contribution is 2.22. The standard InChI is InChI=1S/C15H17N3O3S/c19-15-16-10-11-18(15)13-6-8-14(9-7-13)22(20,21)17-12-4-2-1-3-5-12/h1-9,15-17,19H,10-11H2. The van der Waals surface area contributed by atoms with Gasteiger partial charge in [-0.15, -0.1) is 0 Å². The van der Waals surface area contributed by atoms with Gasteiger partial charge in [-0.1, -0.05) is 18.2 Å². The lowest BCUT2D eigenvalue weighted by molar-refractivity contribution is 0.163. The van der Waals surface area contributed by atoms with E-state index in [1.807, 2.05) is 6.07 Å². The van der Waals surface area contributed by atoms with E-state index < -0.39 is 16.4 Å². The van der Waals surface area contributed by atoms with E-state index in [4.69, 9.17) is 0 Å². The molecule has 7 heteroatoms. The van der Waals surface area contributed by atoms with Crippen LogP contribution in [-0.4, -0.2) is 33.0 Å². The maximum atomic E-state index is 12.3. The zero-order chi connectivity index (χ0) is 15.6. The van der Waals surface area contributed by atoms with Gasteiger partial charge in [0.2, 0.25) is 0 Å². The summed E-state index contributed by atoms with van der Waals surface area (Å²) in [7, 11) is -3.61. The third-order valence-corrected chi connectivity index (χ3v) is 4.88. The van der Waals surface area contributed by atoms with Gasteiger partial charge in [-0.05, 0) is 36.4 Å². The zero-order valence-corrected chi connectivity index (χ0v) is 12.6. The first-order valence-corrected chi connectivity index (χ1v) is 8.41. The molecule has 1 saturated heterocycles.